The summed E-state index contributed by atoms with van der Waals surface area (Å²) in [5, 5.41) is 7.54. The van der Waals surface area contributed by atoms with E-state index in [1.54, 1.807) is 0 Å². The minimum absolute atomic E-state index is 0.149. The summed E-state index contributed by atoms with van der Waals surface area (Å²) in [4.78, 5) is 0. The summed E-state index contributed by atoms with van der Waals surface area (Å²) in [6, 6.07) is 0. The van der Waals surface area contributed by atoms with Crippen LogP contribution in [-0.4, -0.2) is 34.9 Å². The summed E-state index contributed by atoms with van der Waals surface area (Å²) >= 11 is 0. The van der Waals surface area contributed by atoms with Gasteiger partial charge in [0.1, 0.15) is 0 Å². The molecule has 0 atom stereocenters. The van der Waals surface area contributed by atoms with Crippen molar-refractivity contribution in [1.82, 2.24) is 0 Å². The lowest BCUT2D eigenvalue weighted by Gasteiger charge is -2.37. The van der Waals surface area contributed by atoms with Gasteiger partial charge in [-0.05, 0) is 6.42 Å². The molecule has 0 bridgehead atoms. The fourth-order valence-electron chi connectivity index (χ4n) is 1.17. The van der Waals surface area contributed by atoms with Crippen LogP contribution in [-0.2, 0) is 0 Å². The molecule has 0 aromatic carbocycles. The summed E-state index contributed by atoms with van der Waals surface area (Å²) in [6.07, 6.45) is -9.37. The minimum atomic E-state index is -7.16. The zero-order valence-electron chi connectivity index (χ0n) is 9.85. The standard InChI is InChI=1S/C9H10F10O/c1-2-3-4-5(10,11)6(12,13)7(14,15)8(16,17)9(18,19)20/h20H,2-4H2,1H3. The van der Waals surface area contributed by atoms with Crippen molar-refractivity contribution in [2.45, 2.75) is 56.0 Å². The summed E-state index contributed by atoms with van der Waals surface area (Å²) < 4.78 is 126. The highest BCUT2D eigenvalue weighted by Crippen LogP contribution is 2.57. The monoisotopic (exact) mass is 324 g/mol. The molecule has 0 aromatic rings. The number of rotatable bonds is 7. The van der Waals surface area contributed by atoms with Crippen molar-refractivity contribution in [2.75, 3.05) is 0 Å². The zero-order chi connectivity index (χ0) is 16.6. The van der Waals surface area contributed by atoms with Gasteiger partial charge in [0, 0.05) is 6.42 Å². The highest BCUT2D eigenvalue weighted by molar-refractivity contribution is 5.05. The van der Waals surface area contributed by atoms with Crippen molar-refractivity contribution in [3.05, 3.63) is 0 Å². The van der Waals surface area contributed by atoms with Crippen LogP contribution < -0.4 is 0 Å². The number of hydrogen-bond acceptors (Lipinski definition) is 1. The van der Waals surface area contributed by atoms with Crippen molar-refractivity contribution in [2.24, 2.45) is 0 Å². The van der Waals surface area contributed by atoms with Crippen LogP contribution in [0.3, 0.4) is 0 Å². The largest absolute Gasteiger partial charge is 0.423 e. The molecule has 0 saturated heterocycles. The molecule has 122 valence electrons. The van der Waals surface area contributed by atoms with Crippen molar-refractivity contribution in [3.8, 4) is 0 Å². The maximum absolute atomic E-state index is 12.9. The molecule has 0 aromatic heterocycles. The van der Waals surface area contributed by atoms with Crippen LogP contribution in [0.15, 0.2) is 0 Å². The van der Waals surface area contributed by atoms with Gasteiger partial charge < -0.3 is 5.11 Å². The van der Waals surface area contributed by atoms with Gasteiger partial charge in [-0.15, -0.1) is 0 Å². The van der Waals surface area contributed by atoms with Gasteiger partial charge in [-0.3, -0.25) is 0 Å². The maximum atomic E-state index is 12.9. The normalized spacial score (nSPS) is 15.6. The van der Waals surface area contributed by atoms with Crippen molar-refractivity contribution < 1.29 is 49.0 Å². The zero-order valence-corrected chi connectivity index (χ0v) is 9.85. The molecule has 0 heterocycles. The first-order valence-electron chi connectivity index (χ1n) is 5.17. The van der Waals surface area contributed by atoms with Gasteiger partial charge in [0.2, 0.25) is 0 Å². The number of aliphatic hydroxyl groups is 1. The Bertz CT molecular complexity index is 332. The first kappa shape index (κ1) is 19.3. The number of alkyl halides is 10. The van der Waals surface area contributed by atoms with E-state index in [0.717, 1.165) is 0 Å². The third-order valence-electron chi connectivity index (χ3n) is 2.47. The molecule has 0 aliphatic carbocycles. The molecule has 20 heavy (non-hydrogen) atoms. The Hall–Kier alpha value is -0.740. The molecule has 0 amide bonds. The van der Waals surface area contributed by atoms with Gasteiger partial charge in [0.15, 0.2) is 0 Å². The van der Waals surface area contributed by atoms with E-state index < -0.39 is 42.6 Å². The van der Waals surface area contributed by atoms with Crippen LogP contribution in [0.5, 0.6) is 0 Å². The lowest BCUT2D eigenvalue weighted by atomic mass is 9.94. The van der Waals surface area contributed by atoms with E-state index in [1.807, 2.05) is 0 Å². The van der Waals surface area contributed by atoms with Gasteiger partial charge in [0.25, 0.3) is 0 Å². The third-order valence-corrected chi connectivity index (χ3v) is 2.47. The van der Waals surface area contributed by atoms with Gasteiger partial charge in [-0.1, -0.05) is 13.3 Å². The van der Waals surface area contributed by atoms with Crippen LogP contribution in [0.2, 0.25) is 0 Å². The molecule has 0 spiro atoms. The number of unbranched alkanes of at least 4 members (excludes halogenated alkanes) is 1. The van der Waals surface area contributed by atoms with Gasteiger partial charge in [-0.2, -0.15) is 43.9 Å². The van der Waals surface area contributed by atoms with Crippen LogP contribution in [0, 0.1) is 0 Å². The van der Waals surface area contributed by atoms with Crippen LogP contribution >= 0.6 is 0 Å². The topological polar surface area (TPSA) is 20.2 Å². The van der Waals surface area contributed by atoms with E-state index in [0.29, 0.717) is 0 Å². The van der Waals surface area contributed by atoms with Gasteiger partial charge in [0.05, 0.1) is 0 Å². The third kappa shape index (κ3) is 2.82. The van der Waals surface area contributed by atoms with Crippen molar-refractivity contribution in [3.63, 3.8) is 0 Å². The Kier molecular flexibility index (Phi) is 5.03. The van der Waals surface area contributed by atoms with Crippen LogP contribution in [0.25, 0.3) is 0 Å². The lowest BCUT2D eigenvalue weighted by molar-refractivity contribution is -0.437. The molecular weight excluding hydrogens is 314 g/mol. The SMILES string of the molecule is CCCCC(F)(F)C(F)(F)C(F)(F)C(F)(F)C(O)(F)F. The molecule has 1 nitrogen and oxygen atoms in total. The minimum Gasteiger partial charge on any atom is -0.331 e. The average Bonchev–Trinajstić information content (AvgIpc) is 2.24. The Morgan fingerprint density at radius 2 is 1.10 bits per heavy atom. The van der Waals surface area contributed by atoms with Crippen molar-refractivity contribution >= 4 is 0 Å². The van der Waals surface area contributed by atoms with E-state index >= 15 is 0 Å². The molecule has 0 aliphatic heterocycles. The fourth-order valence-corrected chi connectivity index (χ4v) is 1.17. The predicted octanol–water partition coefficient (Wildman–Crippen LogP) is 4.30. The molecule has 11 heteroatoms. The second kappa shape index (κ2) is 5.23. The highest BCUT2D eigenvalue weighted by atomic mass is 19.4. The first-order valence-corrected chi connectivity index (χ1v) is 5.17. The van der Waals surface area contributed by atoms with Gasteiger partial charge >= 0.3 is 29.8 Å². The van der Waals surface area contributed by atoms with E-state index in [9.17, 15) is 43.9 Å². The molecule has 1 N–H and O–H groups in total. The van der Waals surface area contributed by atoms with Crippen molar-refractivity contribution in [1.29, 1.82) is 0 Å². The molecular formula is C9H10F10O. The molecule has 0 rings (SSSR count). The maximum Gasteiger partial charge on any atom is 0.423 e. The lowest BCUT2D eigenvalue weighted by Crippen LogP contribution is -2.67. The Morgan fingerprint density at radius 1 is 0.700 bits per heavy atom. The van der Waals surface area contributed by atoms with E-state index in [2.05, 4.69) is 0 Å². The highest BCUT2D eigenvalue weighted by Gasteiger charge is 2.86. The molecule has 0 saturated carbocycles. The fraction of sp³-hybridized carbons (Fsp3) is 1.00. The second-order valence-electron chi connectivity index (χ2n) is 4.07. The second-order valence-corrected chi connectivity index (χ2v) is 4.07. The van der Waals surface area contributed by atoms with Gasteiger partial charge in [-0.25, -0.2) is 0 Å². The Morgan fingerprint density at radius 3 is 1.40 bits per heavy atom. The van der Waals surface area contributed by atoms with E-state index in [-0.39, 0.29) is 6.42 Å². The summed E-state index contributed by atoms with van der Waals surface area (Å²) in [7, 11) is 0. The van der Waals surface area contributed by atoms with Crippen LogP contribution in [0.1, 0.15) is 26.2 Å². The summed E-state index contributed by atoms with van der Waals surface area (Å²) in [6.45, 7) is 1.23. The smallest absolute Gasteiger partial charge is 0.331 e. The number of hydrogen-bond donors (Lipinski definition) is 1. The molecule has 0 radical (unpaired) electrons. The summed E-state index contributed by atoms with van der Waals surface area (Å²) in [5.41, 5.74) is 0. The Balaban J connectivity index is 5.68. The van der Waals surface area contributed by atoms with E-state index in [4.69, 9.17) is 5.11 Å². The van der Waals surface area contributed by atoms with E-state index in [1.165, 1.54) is 6.92 Å². The average molecular weight is 324 g/mol. The number of halogens is 10. The molecule has 0 aliphatic rings. The first-order chi connectivity index (χ1) is 8.56. The predicted molar refractivity (Wildman–Crippen MR) is 46.5 cm³/mol. The quantitative estimate of drug-likeness (QED) is 0.692. The van der Waals surface area contributed by atoms with Crippen LogP contribution in [0.4, 0.5) is 43.9 Å². The molecule has 0 unspecified atom stereocenters. The Labute approximate surface area is 106 Å². The summed E-state index contributed by atoms with van der Waals surface area (Å²) in [5.74, 6) is -26.7. The molecule has 0 fully saturated rings.